The van der Waals surface area contributed by atoms with E-state index in [1.54, 1.807) is 18.2 Å². The number of aryl methyl sites for hydroxylation is 1. The number of hydrogen-bond acceptors (Lipinski definition) is 4. The number of rotatable bonds is 4. The molecule has 3 aromatic heterocycles. The zero-order valence-corrected chi connectivity index (χ0v) is 24.0. The second-order valence-corrected chi connectivity index (χ2v) is 10.3. The number of fused-ring (bicyclic) bond motifs is 4. The molecule has 0 aliphatic heterocycles. The molecule has 38 heavy (non-hydrogen) atoms. The van der Waals surface area contributed by atoms with Crippen molar-refractivity contribution in [2.45, 2.75) is 39.5 Å². The van der Waals surface area contributed by atoms with Crippen LogP contribution in [-0.4, -0.2) is 19.6 Å². The largest absolute Gasteiger partial charge is 0.506 e. The Labute approximate surface area is 236 Å². The number of phenols is 1. The first kappa shape index (κ1) is 25.9. The van der Waals surface area contributed by atoms with Gasteiger partial charge in [0.05, 0.1) is 0 Å². The van der Waals surface area contributed by atoms with Gasteiger partial charge >= 0.3 is 0 Å². The molecule has 0 saturated heterocycles. The van der Waals surface area contributed by atoms with Crippen LogP contribution in [0.5, 0.6) is 17.4 Å². The van der Waals surface area contributed by atoms with E-state index < -0.39 is 0 Å². The quantitative estimate of drug-likeness (QED) is 0.193. The zero-order chi connectivity index (χ0) is 25.7. The topological polar surface area (TPSA) is 60.2 Å². The Hall–Kier alpha value is -3.69. The number of aromatic nitrogens is 3. The standard InChI is InChI=1S/C32H28N3O2.Pt/c1-5-22-9-7-11-29(33-22)35-26-16-13-21(32(2,3)4)18-25(26)24-15-14-23(19-27(24)35)37-30-17-12-20-8-6-10-28(36)31(20)34-30;/h6-18,36H,5H2,1-4H3;/q-1;. The number of phenolic OH excluding ortho intramolecular Hbond substituents is 1. The van der Waals surface area contributed by atoms with Crippen molar-refractivity contribution in [3.8, 4) is 23.2 Å². The minimum Gasteiger partial charge on any atom is -0.506 e. The Morgan fingerprint density at radius 1 is 0.895 bits per heavy atom. The maximum atomic E-state index is 10.2. The normalized spacial score (nSPS) is 11.7. The van der Waals surface area contributed by atoms with Crippen molar-refractivity contribution in [1.82, 2.24) is 14.5 Å². The fraction of sp³-hybridized carbons (Fsp3) is 0.188. The molecule has 0 atom stereocenters. The van der Waals surface area contributed by atoms with Gasteiger partial charge in [0.1, 0.15) is 17.1 Å². The molecule has 1 N–H and O–H groups in total. The summed E-state index contributed by atoms with van der Waals surface area (Å²) in [5.74, 6) is 1.92. The van der Waals surface area contributed by atoms with Gasteiger partial charge in [0, 0.05) is 49.5 Å². The molecule has 6 rings (SSSR count). The Kier molecular flexibility index (Phi) is 6.75. The number of ether oxygens (including phenoxy) is 1. The van der Waals surface area contributed by atoms with Crippen LogP contribution in [0.25, 0.3) is 38.5 Å². The van der Waals surface area contributed by atoms with E-state index in [1.807, 2.05) is 36.4 Å². The minimum atomic E-state index is 0. The second kappa shape index (κ2) is 9.88. The van der Waals surface area contributed by atoms with Gasteiger partial charge in [-0.1, -0.05) is 63.5 Å². The molecular formula is C32H28N3O2Pt-. The molecule has 194 valence electrons. The van der Waals surface area contributed by atoms with Crippen LogP contribution in [0.2, 0.25) is 0 Å². The maximum absolute atomic E-state index is 10.2. The molecule has 0 spiro atoms. The Morgan fingerprint density at radius 3 is 2.50 bits per heavy atom. The summed E-state index contributed by atoms with van der Waals surface area (Å²) < 4.78 is 8.30. The van der Waals surface area contributed by atoms with Crippen molar-refractivity contribution in [3.05, 3.63) is 96.2 Å². The third-order valence-corrected chi connectivity index (χ3v) is 6.79. The Bertz CT molecular complexity index is 1800. The number of benzene rings is 3. The minimum absolute atomic E-state index is 0. The maximum Gasteiger partial charge on any atom is 0.217 e. The predicted octanol–water partition coefficient (Wildman–Crippen LogP) is 7.88. The second-order valence-electron chi connectivity index (χ2n) is 10.3. The van der Waals surface area contributed by atoms with E-state index in [0.717, 1.165) is 45.1 Å². The van der Waals surface area contributed by atoms with Gasteiger partial charge in [0.25, 0.3) is 0 Å². The summed E-state index contributed by atoms with van der Waals surface area (Å²) in [6, 6.07) is 29.3. The molecule has 0 saturated carbocycles. The molecule has 0 fully saturated rings. The summed E-state index contributed by atoms with van der Waals surface area (Å²) in [5.41, 5.74) is 4.81. The van der Waals surface area contributed by atoms with E-state index in [9.17, 15) is 5.11 Å². The van der Waals surface area contributed by atoms with Crippen molar-refractivity contribution >= 4 is 32.7 Å². The average Bonchev–Trinajstić information content (AvgIpc) is 3.21. The molecule has 6 aromatic rings. The molecule has 0 amide bonds. The third-order valence-electron chi connectivity index (χ3n) is 6.79. The van der Waals surface area contributed by atoms with Crippen LogP contribution >= 0.6 is 0 Å². The van der Waals surface area contributed by atoms with E-state index in [4.69, 9.17) is 9.72 Å². The summed E-state index contributed by atoms with van der Waals surface area (Å²) in [6.07, 6.45) is 0.859. The van der Waals surface area contributed by atoms with E-state index in [-0.39, 0.29) is 32.2 Å². The number of nitrogens with zero attached hydrogens (tertiary/aromatic N) is 3. The van der Waals surface area contributed by atoms with Gasteiger partial charge in [-0.25, -0.2) is 9.97 Å². The Balaban J connectivity index is 0.00000294. The van der Waals surface area contributed by atoms with Gasteiger partial charge in [0.2, 0.25) is 5.88 Å². The SMILES string of the molecule is CCc1cccc(-n2c3[c-]c(Oc4ccc5cccc(O)c5n4)ccc3c3cc(C(C)(C)C)ccc32)n1.[Pt]. The van der Waals surface area contributed by atoms with Gasteiger partial charge in [-0.05, 0) is 53.1 Å². The first-order valence-corrected chi connectivity index (χ1v) is 12.6. The molecule has 0 unspecified atom stereocenters. The molecule has 6 heteroatoms. The van der Waals surface area contributed by atoms with E-state index in [2.05, 4.69) is 67.6 Å². The van der Waals surface area contributed by atoms with Crippen LogP contribution in [0.4, 0.5) is 0 Å². The van der Waals surface area contributed by atoms with Gasteiger partial charge in [-0.3, -0.25) is 0 Å². The van der Waals surface area contributed by atoms with Crippen LogP contribution < -0.4 is 4.74 Å². The van der Waals surface area contributed by atoms with Crippen molar-refractivity contribution in [2.75, 3.05) is 0 Å². The summed E-state index contributed by atoms with van der Waals surface area (Å²) >= 11 is 0. The monoisotopic (exact) mass is 681 g/mol. The number of pyridine rings is 2. The van der Waals surface area contributed by atoms with Crippen LogP contribution in [0.15, 0.2) is 78.9 Å². The van der Waals surface area contributed by atoms with E-state index >= 15 is 0 Å². The molecule has 0 radical (unpaired) electrons. The van der Waals surface area contributed by atoms with Crippen molar-refractivity contribution in [2.24, 2.45) is 0 Å². The van der Waals surface area contributed by atoms with E-state index in [1.165, 1.54) is 5.56 Å². The third kappa shape index (κ3) is 4.56. The molecule has 5 nitrogen and oxygen atoms in total. The number of hydrogen-bond donors (Lipinski definition) is 1. The number of aromatic hydroxyl groups is 1. The van der Waals surface area contributed by atoms with Crippen LogP contribution in [0, 0.1) is 6.07 Å². The van der Waals surface area contributed by atoms with Gasteiger partial charge in [-0.2, -0.15) is 6.07 Å². The van der Waals surface area contributed by atoms with Gasteiger partial charge in [-0.15, -0.1) is 17.5 Å². The summed E-state index contributed by atoms with van der Waals surface area (Å²) in [6.45, 7) is 8.80. The predicted molar refractivity (Wildman–Crippen MR) is 149 cm³/mol. The fourth-order valence-electron chi connectivity index (χ4n) is 4.76. The summed E-state index contributed by atoms with van der Waals surface area (Å²) in [7, 11) is 0. The van der Waals surface area contributed by atoms with Crippen LogP contribution in [0.3, 0.4) is 0 Å². The fourth-order valence-corrected chi connectivity index (χ4v) is 4.76. The van der Waals surface area contributed by atoms with Gasteiger partial charge < -0.3 is 14.4 Å². The average molecular weight is 682 g/mol. The first-order valence-electron chi connectivity index (χ1n) is 12.6. The summed E-state index contributed by atoms with van der Waals surface area (Å²) in [5, 5.41) is 13.3. The summed E-state index contributed by atoms with van der Waals surface area (Å²) in [4.78, 5) is 9.45. The Morgan fingerprint density at radius 2 is 1.71 bits per heavy atom. The smallest absolute Gasteiger partial charge is 0.217 e. The molecule has 3 aromatic carbocycles. The molecule has 3 heterocycles. The number of para-hydroxylation sites is 1. The van der Waals surface area contributed by atoms with Gasteiger partial charge in [0.15, 0.2) is 0 Å². The van der Waals surface area contributed by atoms with Crippen molar-refractivity contribution < 1.29 is 30.9 Å². The van der Waals surface area contributed by atoms with Crippen molar-refractivity contribution in [1.29, 1.82) is 0 Å². The van der Waals surface area contributed by atoms with Crippen molar-refractivity contribution in [3.63, 3.8) is 0 Å². The van der Waals surface area contributed by atoms with Crippen LogP contribution in [0.1, 0.15) is 39.0 Å². The molecular weight excluding hydrogens is 653 g/mol. The van der Waals surface area contributed by atoms with E-state index in [0.29, 0.717) is 17.1 Å². The zero-order valence-electron chi connectivity index (χ0n) is 21.7. The molecule has 0 bridgehead atoms. The first-order chi connectivity index (χ1) is 17.8. The molecule has 0 aliphatic rings. The van der Waals surface area contributed by atoms with Crippen LogP contribution in [-0.2, 0) is 32.9 Å². The molecule has 0 aliphatic carbocycles.